The zero-order valence-electron chi connectivity index (χ0n) is 13.7. The van der Waals surface area contributed by atoms with Crippen LogP contribution < -0.4 is 4.90 Å². The van der Waals surface area contributed by atoms with Crippen LogP contribution in [0, 0.1) is 5.92 Å². The molecule has 1 aliphatic rings. The standard InChI is InChI=1S/C14H25N5O2S/c1-17(2)14-13(15-7-8-16-14)10-12-6-5-9-19(11-12)22(20,21)18(3)4/h7-8,12H,5-6,9-11H2,1-4H3/t12-/m0/s1. The van der Waals surface area contributed by atoms with E-state index in [1.54, 1.807) is 30.8 Å². The molecule has 1 aromatic rings. The van der Waals surface area contributed by atoms with Crippen molar-refractivity contribution in [1.82, 2.24) is 18.6 Å². The Kier molecular flexibility index (Phi) is 5.36. The van der Waals surface area contributed by atoms with Gasteiger partial charge in [0.1, 0.15) is 5.82 Å². The van der Waals surface area contributed by atoms with Gasteiger partial charge in [0.05, 0.1) is 5.69 Å². The van der Waals surface area contributed by atoms with Gasteiger partial charge in [-0.1, -0.05) is 0 Å². The molecule has 1 fully saturated rings. The Balaban J connectivity index is 2.12. The number of aromatic nitrogens is 2. The molecule has 0 saturated carbocycles. The van der Waals surface area contributed by atoms with Gasteiger partial charge in [-0.15, -0.1) is 0 Å². The topological polar surface area (TPSA) is 69.6 Å². The van der Waals surface area contributed by atoms with Gasteiger partial charge in [-0.05, 0) is 25.2 Å². The second-order valence-corrected chi connectivity index (χ2v) is 8.22. The fraction of sp³-hybridized carbons (Fsp3) is 0.714. The average Bonchev–Trinajstić information content (AvgIpc) is 2.47. The van der Waals surface area contributed by atoms with Gasteiger partial charge in [-0.2, -0.15) is 17.0 Å². The third-order valence-electron chi connectivity index (χ3n) is 3.93. The van der Waals surface area contributed by atoms with Gasteiger partial charge in [0.2, 0.25) is 0 Å². The summed E-state index contributed by atoms with van der Waals surface area (Å²) in [6, 6.07) is 0. The van der Waals surface area contributed by atoms with Crippen LogP contribution in [0.15, 0.2) is 12.4 Å². The zero-order chi connectivity index (χ0) is 16.3. The number of piperidine rings is 1. The maximum Gasteiger partial charge on any atom is 0.281 e. The van der Waals surface area contributed by atoms with Gasteiger partial charge in [-0.25, -0.2) is 4.98 Å². The van der Waals surface area contributed by atoms with E-state index >= 15 is 0 Å². The van der Waals surface area contributed by atoms with Crippen molar-refractivity contribution in [2.75, 3.05) is 46.2 Å². The summed E-state index contributed by atoms with van der Waals surface area (Å²) in [5.74, 6) is 1.13. The van der Waals surface area contributed by atoms with E-state index in [9.17, 15) is 8.42 Å². The van der Waals surface area contributed by atoms with E-state index in [-0.39, 0.29) is 5.92 Å². The zero-order valence-corrected chi connectivity index (χ0v) is 14.5. The van der Waals surface area contributed by atoms with Gasteiger partial charge >= 0.3 is 0 Å². The van der Waals surface area contributed by atoms with Crippen LogP contribution in [0.3, 0.4) is 0 Å². The van der Waals surface area contributed by atoms with E-state index in [2.05, 4.69) is 9.97 Å². The van der Waals surface area contributed by atoms with E-state index in [4.69, 9.17) is 0 Å². The first-order chi connectivity index (χ1) is 10.3. The van der Waals surface area contributed by atoms with Crippen molar-refractivity contribution >= 4 is 16.0 Å². The second kappa shape index (κ2) is 6.89. The Hall–Kier alpha value is -1.25. The Morgan fingerprint density at radius 3 is 2.55 bits per heavy atom. The lowest BCUT2D eigenvalue weighted by Gasteiger charge is -2.33. The molecular formula is C14H25N5O2S. The number of rotatable bonds is 5. The van der Waals surface area contributed by atoms with Gasteiger partial charge < -0.3 is 4.90 Å². The van der Waals surface area contributed by atoms with Crippen molar-refractivity contribution in [3.8, 4) is 0 Å². The molecule has 124 valence electrons. The maximum atomic E-state index is 12.3. The second-order valence-electron chi connectivity index (χ2n) is 6.08. The van der Waals surface area contributed by atoms with Crippen LogP contribution in [0.2, 0.25) is 0 Å². The number of anilines is 1. The first-order valence-corrected chi connectivity index (χ1v) is 8.87. The van der Waals surface area contributed by atoms with Crippen LogP contribution in [-0.4, -0.2) is 68.3 Å². The summed E-state index contributed by atoms with van der Waals surface area (Å²) in [4.78, 5) is 10.7. The first-order valence-electron chi connectivity index (χ1n) is 7.47. The molecule has 0 amide bonds. The molecule has 0 unspecified atom stereocenters. The molecule has 0 aliphatic carbocycles. The Bertz CT molecular complexity index is 603. The predicted octanol–water partition coefficient (Wildman–Crippen LogP) is 0.604. The summed E-state index contributed by atoms with van der Waals surface area (Å²) in [7, 11) is 3.70. The molecule has 1 aromatic heterocycles. The Morgan fingerprint density at radius 2 is 1.91 bits per heavy atom. The molecule has 1 aliphatic heterocycles. The van der Waals surface area contributed by atoms with Gasteiger partial charge in [0.15, 0.2) is 0 Å². The average molecular weight is 327 g/mol. The van der Waals surface area contributed by atoms with E-state index in [0.29, 0.717) is 13.1 Å². The Labute approximate surface area is 133 Å². The fourth-order valence-electron chi connectivity index (χ4n) is 2.78. The minimum Gasteiger partial charge on any atom is -0.361 e. The smallest absolute Gasteiger partial charge is 0.281 e. The molecule has 1 atom stereocenters. The highest BCUT2D eigenvalue weighted by Crippen LogP contribution is 2.25. The molecule has 22 heavy (non-hydrogen) atoms. The van der Waals surface area contributed by atoms with Crippen LogP contribution in [-0.2, 0) is 16.6 Å². The minimum absolute atomic E-state index is 0.277. The van der Waals surface area contributed by atoms with Crippen LogP contribution in [0.25, 0.3) is 0 Å². The molecule has 0 spiro atoms. The van der Waals surface area contributed by atoms with Gasteiger partial charge in [-0.3, -0.25) is 4.98 Å². The minimum atomic E-state index is -3.33. The first kappa shape index (κ1) is 17.1. The molecule has 2 heterocycles. The SMILES string of the molecule is CN(C)c1nccnc1C[C@@H]1CCCN(S(=O)(=O)N(C)C)C1. The predicted molar refractivity (Wildman–Crippen MR) is 87.0 cm³/mol. The number of hydrogen-bond donors (Lipinski definition) is 0. The van der Waals surface area contributed by atoms with Crippen LogP contribution in [0.1, 0.15) is 18.5 Å². The molecule has 0 N–H and O–H groups in total. The van der Waals surface area contributed by atoms with E-state index < -0.39 is 10.2 Å². The van der Waals surface area contributed by atoms with E-state index in [1.165, 1.54) is 4.31 Å². The van der Waals surface area contributed by atoms with E-state index in [0.717, 1.165) is 30.8 Å². The third kappa shape index (κ3) is 3.74. The summed E-state index contributed by atoms with van der Waals surface area (Å²) in [5, 5.41) is 0. The van der Waals surface area contributed by atoms with Gasteiger partial charge in [0, 0.05) is 53.7 Å². The van der Waals surface area contributed by atoms with Crippen molar-refractivity contribution in [3.63, 3.8) is 0 Å². The Morgan fingerprint density at radius 1 is 1.23 bits per heavy atom. The summed E-state index contributed by atoms with van der Waals surface area (Å²) < 4.78 is 27.4. The summed E-state index contributed by atoms with van der Waals surface area (Å²) >= 11 is 0. The lowest BCUT2D eigenvalue weighted by atomic mass is 9.94. The largest absolute Gasteiger partial charge is 0.361 e. The van der Waals surface area contributed by atoms with Crippen LogP contribution >= 0.6 is 0 Å². The molecule has 0 aromatic carbocycles. The normalized spacial score (nSPS) is 20.3. The molecular weight excluding hydrogens is 302 g/mol. The van der Waals surface area contributed by atoms with Crippen LogP contribution in [0.5, 0.6) is 0 Å². The van der Waals surface area contributed by atoms with E-state index in [1.807, 2.05) is 19.0 Å². The molecule has 2 rings (SSSR count). The van der Waals surface area contributed by atoms with Crippen molar-refractivity contribution < 1.29 is 8.42 Å². The number of nitrogens with zero attached hydrogens (tertiary/aromatic N) is 5. The number of hydrogen-bond acceptors (Lipinski definition) is 5. The quantitative estimate of drug-likeness (QED) is 0.792. The third-order valence-corrected chi connectivity index (χ3v) is 5.83. The highest BCUT2D eigenvalue weighted by atomic mass is 32.2. The van der Waals surface area contributed by atoms with Crippen LogP contribution in [0.4, 0.5) is 5.82 Å². The van der Waals surface area contributed by atoms with Crippen molar-refractivity contribution in [2.45, 2.75) is 19.3 Å². The highest BCUT2D eigenvalue weighted by Gasteiger charge is 2.31. The highest BCUT2D eigenvalue weighted by molar-refractivity contribution is 7.86. The van der Waals surface area contributed by atoms with Gasteiger partial charge in [0.25, 0.3) is 10.2 Å². The lowest BCUT2D eigenvalue weighted by molar-refractivity contribution is 0.253. The molecule has 0 radical (unpaired) electrons. The van der Waals surface area contributed by atoms with Crippen molar-refractivity contribution in [3.05, 3.63) is 18.1 Å². The monoisotopic (exact) mass is 327 g/mol. The fourth-order valence-corrected chi connectivity index (χ4v) is 4.01. The summed E-state index contributed by atoms with van der Waals surface area (Å²) in [6.07, 6.45) is 6.03. The molecule has 1 saturated heterocycles. The van der Waals surface area contributed by atoms with Crippen molar-refractivity contribution in [1.29, 1.82) is 0 Å². The van der Waals surface area contributed by atoms with Crippen molar-refractivity contribution in [2.24, 2.45) is 5.92 Å². The maximum absolute atomic E-state index is 12.3. The summed E-state index contributed by atoms with van der Waals surface area (Å²) in [5.41, 5.74) is 0.932. The molecule has 7 nitrogen and oxygen atoms in total. The molecule has 0 bridgehead atoms. The summed E-state index contributed by atoms with van der Waals surface area (Å²) in [6.45, 7) is 1.14. The lowest BCUT2D eigenvalue weighted by Crippen LogP contribution is -2.45. The molecule has 8 heteroatoms.